The molecule has 0 aliphatic heterocycles. The highest BCUT2D eigenvalue weighted by atomic mass is 35.5. The van der Waals surface area contributed by atoms with Gasteiger partial charge in [0.2, 0.25) is 0 Å². The number of benzene rings is 1. The molecule has 0 atom stereocenters. The van der Waals surface area contributed by atoms with Crippen LogP contribution in [0.25, 0.3) is 0 Å². The van der Waals surface area contributed by atoms with Gasteiger partial charge in [0, 0.05) is 6.07 Å². The molecule has 6 heteroatoms. The first kappa shape index (κ1) is 10.5. The molecule has 1 aromatic rings. The zero-order valence-corrected chi connectivity index (χ0v) is 7.95. The van der Waals surface area contributed by atoms with Crippen LogP contribution in [0.5, 0.6) is 5.75 Å². The highest BCUT2D eigenvalue weighted by molar-refractivity contribution is 6.34. The zero-order chi connectivity index (χ0) is 10.7. The third-order valence-corrected chi connectivity index (χ3v) is 2.05. The lowest BCUT2D eigenvalue weighted by Gasteiger charge is -2.04. The number of hydrogen-bond acceptors (Lipinski definition) is 4. The summed E-state index contributed by atoms with van der Waals surface area (Å²) >= 11 is 5.70. The van der Waals surface area contributed by atoms with E-state index in [2.05, 4.69) is 0 Å². The summed E-state index contributed by atoms with van der Waals surface area (Å²) in [6.07, 6.45) is 0.336. The van der Waals surface area contributed by atoms with E-state index in [1.807, 2.05) is 0 Å². The Morgan fingerprint density at radius 2 is 2.21 bits per heavy atom. The number of halogens is 1. The number of nitro groups is 1. The van der Waals surface area contributed by atoms with Gasteiger partial charge in [-0.1, -0.05) is 11.6 Å². The Morgan fingerprint density at radius 1 is 1.57 bits per heavy atom. The summed E-state index contributed by atoms with van der Waals surface area (Å²) in [7, 11) is 1.36. The highest BCUT2D eigenvalue weighted by Crippen LogP contribution is 2.32. The van der Waals surface area contributed by atoms with E-state index in [1.54, 1.807) is 0 Å². The summed E-state index contributed by atoms with van der Waals surface area (Å²) in [5.41, 5.74) is -0.498. The Hall–Kier alpha value is -1.62. The Balaban J connectivity index is 3.43. The number of nitrogens with zero attached hydrogens (tertiary/aromatic N) is 1. The summed E-state index contributed by atoms with van der Waals surface area (Å²) in [6.45, 7) is 0. The molecule has 5 nitrogen and oxygen atoms in total. The molecule has 0 saturated carbocycles. The zero-order valence-electron chi connectivity index (χ0n) is 7.19. The van der Waals surface area contributed by atoms with E-state index in [0.29, 0.717) is 6.29 Å². The van der Waals surface area contributed by atoms with Crippen molar-refractivity contribution in [1.82, 2.24) is 0 Å². The lowest BCUT2D eigenvalue weighted by atomic mass is 10.2. The van der Waals surface area contributed by atoms with E-state index in [9.17, 15) is 14.9 Å². The van der Waals surface area contributed by atoms with Gasteiger partial charge in [-0.15, -0.1) is 0 Å². The molecule has 0 unspecified atom stereocenters. The number of carbonyl (C=O) groups is 1. The van der Waals surface area contributed by atoms with Gasteiger partial charge in [-0.2, -0.15) is 0 Å². The van der Waals surface area contributed by atoms with E-state index in [4.69, 9.17) is 16.3 Å². The number of aldehydes is 1. The standard InChI is InChI=1S/C8H6ClNO4/c1-14-7-3-2-6(10(12)13)5(4-11)8(7)9/h2-4H,1H3. The second-order valence-electron chi connectivity index (χ2n) is 2.39. The minimum Gasteiger partial charge on any atom is -0.495 e. The first-order valence-electron chi connectivity index (χ1n) is 3.58. The maximum absolute atomic E-state index is 10.6. The quantitative estimate of drug-likeness (QED) is 0.440. The molecule has 0 radical (unpaired) electrons. The van der Waals surface area contributed by atoms with E-state index in [1.165, 1.54) is 19.2 Å². The number of methoxy groups -OCH3 is 1. The van der Waals surface area contributed by atoms with Crippen LogP contribution in [0.15, 0.2) is 12.1 Å². The molecule has 0 bridgehead atoms. The molecular weight excluding hydrogens is 210 g/mol. The van der Waals surface area contributed by atoms with Crippen LogP contribution in [0.2, 0.25) is 5.02 Å². The monoisotopic (exact) mass is 215 g/mol. The topological polar surface area (TPSA) is 69.4 Å². The van der Waals surface area contributed by atoms with Crippen LogP contribution in [0, 0.1) is 10.1 Å². The van der Waals surface area contributed by atoms with Crippen molar-refractivity contribution in [3.63, 3.8) is 0 Å². The van der Waals surface area contributed by atoms with Gasteiger partial charge in [0.15, 0.2) is 6.29 Å². The third kappa shape index (κ3) is 1.67. The molecule has 0 saturated heterocycles. The van der Waals surface area contributed by atoms with Crippen molar-refractivity contribution < 1.29 is 14.5 Å². The average Bonchev–Trinajstić information content (AvgIpc) is 2.17. The molecule has 0 fully saturated rings. The molecule has 1 aromatic carbocycles. The Labute approximate surface area is 84.4 Å². The second kappa shape index (κ2) is 4.06. The molecule has 0 amide bonds. The number of ether oxygens (including phenoxy) is 1. The van der Waals surface area contributed by atoms with E-state index < -0.39 is 4.92 Å². The fourth-order valence-electron chi connectivity index (χ4n) is 0.992. The molecule has 74 valence electrons. The van der Waals surface area contributed by atoms with Crippen molar-refractivity contribution in [2.75, 3.05) is 7.11 Å². The van der Waals surface area contributed by atoms with Crippen LogP contribution in [-0.4, -0.2) is 18.3 Å². The predicted octanol–water partition coefficient (Wildman–Crippen LogP) is 2.07. The number of carbonyl (C=O) groups excluding carboxylic acids is 1. The van der Waals surface area contributed by atoms with Crippen molar-refractivity contribution in [3.05, 3.63) is 32.8 Å². The van der Waals surface area contributed by atoms with Crippen LogP contribution >= 0.6 is 11.6 Å². The Bertz CT molecular complexity index is 391. The molecule has 0 heterocycles. The molecule has 0 aliphatic rings. The molecule has 0 aromatic heterocycles. The van der Waals surface area contributed by atoms with Gasteiger partial charge < -0.3 is 4.74 Å². The van der Waals surface area contributed by atoms with Crippen LogP contribution in [-0.2, 0) is 0 Å². The van der Waals surface area contributed by atoms with Crippen LogP contribution in [0.1, 0.15) is 10.4 Å². The van der Waals surface area contributed by atoms with Crippen LogP contribution in [0.4, 0.5) is 5.69 Å². The van der Waals surface area contributed by atoms with Gasteiger partial charge in [-0.05, 0) is 6.07 Å². The van der Waals surface area contributed by atoms with Gasteiger partial charge in [0.1, 0.15) is 11.3 Å². The molecular formula is C8H6ClNO4. The van der Waals surface area contributed by atoms with Crippen molar-refractivity contribution in [2.24, 2.45) is 0 Å². The Morgan fingerprint density at radius 3 is 2.64 bits per heavy atom. The second-order valence-corrected chi connectivity index (χ2v) is 2.77. The maximum Gasteiger partial charge on any atom is 0.281 e. The number of hydrogen-bond donors (Lipinski definition) is 0. The largest absolute Gasteiger partial charge is 0.495 e. The highest BCUT2D eigenvalue weighted by Gasteiger charge is 2.19. The minimum absolute atomic E-state index is 0.0447. The first-order valence-corrected chi connectivity index (χ1v) is 3.95. The molecule has 14 heavy (non-hydrogen) atoms. The van der Waals surface area contributed by atoms with Gasteiger partial charge >= 0.3 is 0 Å². The first-order chi connectivity index (χ1) is 6.61. The van der Waals surface area contributed by atoms with Crippen molar-refractivity contribution in [2.45, 2.75) is 0 Å². The summed E-state index contributed by atoms with van der Waals surface area (Å²) < 4.78 is 4.81. The predicted molar refractivity (Wildman–Crippen MR) is 50.0 cm³/mol. The summed E-state index contributed by atoms with van der Waals surface area (Å²) in [6, 6.07) is 2.52. The van der Waals surface area contributed by atoms with Gasteiger partial charge in [0.05, 0.1) is 17.1 Å². The molecule has 0 N–H and O–H groups in total. The maximum atomic E-state index is 10.6. The number of nitro benzene ring substituents is 1. The van der Waals surface area contributed by atoms with Gasteiger partial charge in [-0.25, -0.2) is 0 Å². The van der Waals surface area contributed by atoms with Crippen molar-refractivity contribution >= 4 is 23.6 Å². The number of rotatable bonds is 3. The smallest absolute Gasteiger partial charge is 0.281 e. The lowest BCUT2D eigenvalue weighted by molar-refractivity contribution is -0.385. The SMILES string of the molecule is COc1ccc([N+](=O)[O-])c(C=O)c1Cl. The third-order valence-electron chi connectivity index (χ3n) is 1.66. The van der Waals surface area contributed by atoms with Gasteiger partial charge in [0.25, 0.3) is 5.69 Å². The Kier molecular flexibility index (Phi) is 3.03. The minimum atomic E-state index is -0.672. The fraction of sp³-hybridized carbons (Fsp3) is 0.125. The van der Waals surface area contributed by atoms with E-state index in [-0.39, 0.29) is 22.0 Å². The van der Waals surface area contributed by atoms with Crippen molar-refractivity contribution in [3.8, 4) is 5.75 Å². The summed E-state index contributed by atoms with van der Waals surface area (Å²) in [5, 5.41) is 10.4. The van der Waals surface area contributed by atoms with Gasteiger partial charge in [-0.3, -0.25) is 14.9 Å². The van der Waals surface area contributed by atoms with Crippen LogP contribution in [0.3, 0.4) is 0 Å². The normalized spacial score (nSPS) is 9.57. The molecule has 1 rings (SSSR count). The lowest BCUT2D eigenvalue weighted by Crippen LogP contribution is -1.97. The summed E-state index contributed by atoms with van der Waals surface area (Å²) in [4.78, 5) is 20.4. The molecule has 0 aliphatic carbocycles. The van der Waals surface area contributed by atoms with Crippen molar-refractivity contribution in [1.29, 1.82) is 0 Å². The van der Waals surface area contributed by atoms with E-state index >= 15 is 0 Å². The van der Waals surface area contributed by atoms with Crippen LogP contribution < -0.4 is 4.74 Å². The summed E-state index contributed by atoms with van der Waals surface area (Å²) in [5.74, 6) is 0.236. The van der Waals surface area contributed by atoms with E-state index in [0.717, 1.165) is 0 Å². The average molecular weight is 216 g/mol. The fourth-order valence-corrected chi connectivity index (χ4v) is 1.27. The molecule has 0 spiro atoms.